The van der Waals surface area contributed by atoms with Crippen LogP contribution in [0.15, 0.2) is 0 Å². The predicted molar refractivity (Wildman–Crippen MR) is 71.4 cm³/mol. The Morgan fingerprint density at radius 1 is 1.28 bits per heavy atom. The summed E-state index contributed by atoms with van der Waals surface area (Å²) in [5.74, 6) is -1.12. The van der Waals surface area contributed by atoms with Crippen molar-refractivity contribution >= 4 is 11.9 Å². The first kappa shape index (κ1) is 16.9. The van der Waals surface area contributed by atoms with E-state index in [1.165, 1.54) is 6.92 Å². The van der Waals surface area contributed by atoms with Crippen LogP contribution in [0.4, 0.5) is 0 Å². The van der Waals surface area contributed by atoms with Crippen LogP contribution >= 0.6 is 0 Å². The van der Waals surface area contributed by atoms with Crippen molar-refractivity contribution in [2.24, 2.45) is 5.92 Å². The lowest BCUT2D eigenvalue weighted by Gasteiger charge is -2.24. The van der Waals surface area contributed by atoms with Crippen LogP contribution in [0.3, 0.4) is 0 Å². The first-order valence-electron chi connectivity index (χ1n) is 6.67. The summed E-state index contributed by atoms with van der Waals surface area (Å²) in [5.41, 5.74) is 0. The number of aliphatic carboxylic acids is 1. The molecule has 0 rings (SSSR count). The van der Waals surface area contributed by atoms with Gasteiger partial charge in [-0.25, -0.2) is 0 Å². The Labute approximate surface area is 110 Å². The summed E-state index contributed by atoms with van der Waals surface area (Å²) in [6, 6.07) is 0. The zero-order valence-electron chi connectivity index (χ0n) is 11.7. The van der Waals surface area contributed by atoms with Crippen LogP contribution in [-0.2, 0) is 9.59 Å². The molecular weight excluding hydrogens is 232 g/mol. The summed E-state index contributed by atoms with van der Waals surface area (Å²) < 4.78 is 0. The standard InChI is InChI=1S/C13H26N2O3/c1-4-5-8-15(10-11(2)13(17)18)9-6-7-14-12(3)16/h11H,4-10H2,1-3H3,(H,14,16)(H,17,18). The van der Waals surface area contributed by atoms with Gasteiger partial charge in [0.05, 0.1) is 5.92 Å². The molecule has 0 bridgehead atoms. The third kappa shape index (κ3) is 8.98. The van der Waals surface area contributed by atoms with Crippen LogP contribution < -0.4 is 5.32 Å². The molecule has 1 amide bonds. The van der Waals surface area contributed by atoms with Crippen LogP contribution in [0.5, 0.6) is 0 Å². The summed E-state index contributed by atoms with van der Waals surface area (Å²) >= 11 is 0. The summed E-state index contributed by atoms with van der Waals surface area (Å²) in [6.07, 6.45) is 3.03. The number of carbonyl (C=O) groups excluding carboxylic acids is 1. The van der Waals surface area contributed by atoms with Crippen LogP contribution in [0.25, 0.3) is 0 Å². The smallest absolute Gasteiger partial charge is 0.307 e. The van der Waals surface area contributed by atoms with Gasteiger partial charge in [0.15, 0.2) is 0 Å². The number of hydrogen-bond donors (Lipinski definition) is 2. The topological polar surface area (TPSA) is 69.6 Å². The zero-order chi connectivity index (χ0) is 14.0. The van der Waals surface area contributed by atoms with E-state index in [1.807, 2.05) is 0 Å². The number of carboxylic acid groups (broad SMARTS) is 1. The number of carbonyl (C=O) groups is 2. The van der Waals surface area contributed by atoms with E-state index in [2.05, 4.69) is 17.1 Å². The van der Waals surface area contributed by atoms with Gasteiger partial charge in [0.25, 0.3) is 0 Å². The first-order chi connectivity index (χ1) is 8.47. The molecule has 0 aromatic rings. The van der Waals surface area contributed by atoms with Gasteiger partial charge in [-0.3, -0.25) is 9.59 Å². The molecule has 106 valence electrons. The average Bonchev–Trinajstić information content (AvgIpc) is 2.30. The number of nitrogens with zero attached hydrogens (tertiary/aromatic N) is 1. The molecule has 0 spiro atoms. The van der Waals surface area contributed by atoms with E-state index >= 15 is 0 Å². The highest BCUT2D eigenvalue weighted by atomic mass is 16.4. The Hall–Kier alpha value is -1.10. The normalized spacial score (nSPS) is 12.4. The van der Waals surface area contributed by atoms with Gasteiger partial charge in [0.2, 0.25) is 5.91 Å². The third-order valence-electron chi connectivity index (χ3n) is 2.81. The number of unbranched alkanes of at least 4 members (excludes halogenated alkanes) is 1. The largest absolute Gasteiger partial charge is 0.481 e. The maximum Gasteiger partial charge on any atom is 0.307 e. The van der Waals surface area contributed by atoms with Gasteiger partial charge < -0.3 is 15.3 Å². The van der Waals surface area contributed by atoms with Crippen LogP contribution in [0.1, 0.15) is 40.0 Å². The Bertz CT molecular complexity index is 257. The molecule has 0 saturated heterocycles. The van der Waals surface area contributed by atoms with Gasteiger partial charge >= 0.3 is 5.97 Å². The monoisotopic (exact) mass is 258 g/mol. The van der Waals surface area contributed by atoms with Crippen molar-refractivity contribution in [2.75, 3.05) is 26.2 Å². The summed E-state index contributed by atoms with van der Waals surface area (Å²) in [6.45, 7) is 8.34. The molecule has 5 nitrogen and oxygen atoms in total. The van der Waals surface area contributed by atoms with Crippen molar-refractivity contribution in [1.29, 1.82) is 0 Å². The molecule has 0 heterocycles. The highest BCUT2D eigenvalue weighted by Crippen LogP contribution is 2.03. The summed E-state index contributed by atoms with van der Waals surface area (Å²) in [4.78, 5) is 23.7. The second kappa shape index (κ2) is 9.88. The van der Waals surface area contributed by atoms with Crippen LogP contribution in [-0.4, -0.2) is 48.1 Å². The van der Waals surface area contributed by atoms with E-state index < -0.39 is 5.97 Å². The van der Waals surface area contributed by atoms with E-state index in [0.717, 1.165) is 32.4 Å². The van der Waals surface area contributed by atoms with E-state index in [4.69, 9.17) is 5.11 Å². The molecule has 0 fully saturated rings. The predicted octanol–water partition coefficient (Wildman–Crippen LogP) is 1.34. The lowest BCUT2D eigenvalue weighted by atomic mass is 10.1. The van der Waals surface area contributed by atoms with Crippen molar-refractivity contribution in [1.82, 2.24) is 10.2 Å². The fourth-order valence-electron chi connectivity index (χ4n) is 1.71. The van der Waals surface area contributed by atoms with Gasteiger partial charge in [-0.2, -0.15) is 0 Å². The minimum absolute atomic E-state index is 0.0194. The molecule has 0 radical (unpaired) electrons. The van der Waals surface area contributed by atoms with Crippen molar-refractivity contribution < 1.29 is 14.7 Å². The molecule has 2 N–H and O–H groups in total. The van der Waals surface area contributed by atoms with Crippen molar-refractivity contribution in [3.8, 4) is 0 Å². The zero-order valence-corrected chi connectivity index (χ0v) is 11.7. The molecule has 1 unspecified atom stereocenters. The van der Waals surface area contributed by atoms with Crippen LogP contribution in [0, 0.1) is 5.92 Å². The maximum atomic E-state index is 10.8. The fourth-order valence-corrected chi connectivity index (χ4v) is 1.71. The quantitative estimate of drug-likeness (QED) is 0.580. The SMILES string of the molecule is CCCCN(CCCNC(C)=O)CC(C)C(=O)O. The maximum absolute atomic E-state index is 10.8. The molecule has 0 aliphatic carbocycles. The van der Waals surface area contributed by atoms with Gasteiger partial charge in [0, 0.05) is 20.0 Å². The second-order valence-electron chi connectivity index (χ2n) is 4.73. The second-order valence-corrected chi connectivity index (χ2v) is 4.73. The molecular formula is C13H26N2O3. The van der Waals surface area contributed by atoms with Crippen molar-refractivity contribution in [2.45, 2.75) is 40.0 Å². The summed E-state index contributed by atoms with van der Waals surface area (Å²) in [7, 11) is 0. The molecule has 0 saturated carbocycles. The lowest BCUT2D eigenvalue weighted by molar-refractivity contribution is -0.141. The number of carboxylic acids is 1. The summed E-state index contributed by atoms with van der Waals surface area (Å²) in [5, 5.41) is 11.7. The number of rotatable bonds is 10. The third-order valence-corrected chi connectivity index (χ3v) is 2.81. The fraction of sp³-hybridized carbons (Fsp3) is 0.846. The van der Waals surface area contributed by atoms with Gasteiger partial charge in [-0.05, 0) is 25.9 Å². The van der Waals surface area contributed by atoms with Gasteiger partial charge in [-0.1, -0.05) is 20.3 Å². The Kier molecular flexibility index (Phi) is 9.28. The lowest BCUT2D eigenvalue weighted by Crippen LogP contribution is -2.35. The highest BCUT2D eigenvalue weighted by molar-refractivity contribution is 5.72. The van der Waals surface area contributed by atoms with E-state index in [-0.39, 0.29) is 11.8 Å². The van der Waals surface area contributed by atoms with Crippen LogP contribution in [0.2, 0.25) is 0 Å². The minimum Gasteiger partial charge on any atom is -0.481 e. The van der Waals surface area contributed by atoms with Gasteiger partial charge in [0.1, 0.15) is 0 Å². The molecule has 18 heavy (non-hydrogen) atoms. The van der Waals surface area contributed by atoms with E-state index in [1.54, 1.807) is 6.92 Å². The number of nitrogens with one attached hydrogen (secondary N) is 1. The molecule has 0 aliphatic rings. The van der Waals surface area contributed by atoms with E-state index in [9.17, 15) is 9.59 Å². The number of amides is 1. The minimum atomic E-state index is -0.752. The Morgan fingerprint density at radius 3 is 2.39 bits per heavy atom. The Morgan fingerprint density at radius 2 is 1.89 bits per heavy atom. The highest BCUT2D eigenvalue weighted by Gasteiger charge is 2.15. The molecule has 0 aromatic heterocycles. The Balaban J connectivity index is 3.97. The van der Waals surface area contributed by atoms with Gasteiger partial charge in [-0.15, -0.1) is 0 Å². The average molecular weight is 258 g/mol. The van der Waals surface area contributed by atoms with E-state index in [0.29, 0.717) is 13.1 Å². The molecule has 0 aromatic carbocycles. The van der Waals surface area contributed by atoms with Crippen molar-refractivity contribution in [3.63, 3.8) is 0 Å². The van der Waals surface area contributed by atoms with Crippen molar-refractivity contribution in [3.05, 3.63) is 0 Å². The molecule has 0 aliphatic heterocycles. The molecule has 1 atom stereocenters. The first-order valence-corrected chi connectivity index (χ1v) is 6.67. The molecule has 5 heteroatoms. The number of hydrogen-bond acceptors (Lipinski definition) is 3.